The summed E-state index contributed by atoms with van der Waals surface area (Å²) in [6, 6.07) is 9.25. The molecule has 5 fully saturated rings. The molecule has 4 aliphatic heterocycles. The van der Waals surface area contributed by atoms with Crippen LogP contribution >= 0.6 is 0 Å². The molecule has 3 atom stereocenters. The molecule has 1 aromatic carbocycles. The van der Waals surface area contributed by atoms with Gasteiger partial charge in [-0.1, -0.05) is 12.1 Å². The molecule has 9 heteroatoms. The van der Waals surface area contributed by atoms with Crippen LogP contribution in [0.1, 0.15) is 51.0 Å². The highest BCUT2D eigenvalue weighted by Crippen LogP contribution is 2.46. The first kappa shape index (κ1) is 23.4. The van der Waals surface area contributed by atoms with Crippen molar-refractivity contribution < 1.29 is 13.7 Å². The molecule has 2 aromatic heterocycles. The molecule has 1 saturated carbocycles. The lowest BCUT2D eigenvalue weighted by molar-refractivity contribution is -0.0198. The van der Waals surface area contributed by atoms with Gasteiger partial charge in [-0.25, -0.2) is 9.97 Å². The maximum atomic E-state index is 12.1. The first-order chi connectivity index (χ1) is 18.5. The Hall–Kier alpha value is -2.49. The van der Waals surface area contributed by atoms with Crippen molar-refractivity contribution >= 4 is 27.7 Å². The highest BCUT2D eigenvalue weighted by molar-refractivity contribution is 7.86. The fourth-order valence-electron chi connectivity index (χ4n) is 7.72. The number of nitrogens with zero attached hydrogens (tertiary/aromatic N) is 4. The monoisotopic (exact) mass is 533 g/mol. The normalized spacial score (nSPS) is 35.8. The Balaban J connectivity index is 1.01. The van der Waals surface area contributed by atoms with Gasteiger partial charge in [0.2, 0.25) is 0 Å². The summed E-state index contributed by atoms with van der Waals surface area (Å²) in [6.45, 7) is 2.76. The van der Waals surface area contributed by atoms with Gasteiger partial charge in [0.05, 0.1) is 11.5 Å². The lowest BCUT2D eigenvalue weighted by Gasteiger charge is -2.40. The highest BCUT2D eigenvalue weighted by atomic mass is 32.2. The first-order valence-corrected chi connectivity index (χ1v) is 15.6. The van der Waals surface area contributed by atoms with Crippen molar-refractivity contribution in [3.05, 3.63) is 36.8 Å². The summed E-state index contributed by atoms with van der Waals surface area (Å²) in [5, 5.41) is 1.33. The third kappa shape index (κ3) is 3.80. The molecule has 8 rings (SSSR count). The Kier molecular flexibility index (Phi) is 5.40. The molecule has 0 spiro atoms. The second-order valence-electron chi connectivity index (χ2n) is 12.2. The van der Waals surface area contributed by atoms with Gasteiger partial charge in [0.1, 0.15) is 35.7 Å². The zero-order valence-corrected chi connectivity index (χ0v) is 22.4. The van der Waals surface area contributed by atoms with Crippen molar-refractivity contribution in [2.75, 3.05) is 31.2 Å². The van der Waals surface area contributed by atoms with E-state index in [0.29, 0.717) is 41.8 Å². The van der Waals surface area contributed by atoms with Crippen LogP contribution < -0.4 is 10.5 Å². The van der Waals surface area contributed by atoms with Gasteiger partial charge in [-0.2, -0.15) is 0 Å². The van der Waals surface area contributed by atoms with Crippen LogP contribution in [0.25, 0.3) is 22.2 Å². The average molecular weight is 534 g/mol. The molecule has 5 aliphatic rings. The van der Waals surface area contributed by atoms with Gasteiger partial charge in [-0.3, -0.25) is 9.11 Å². The summed E-state index contributed by atoms with van der Waals surface area (Å²) in [7, 11) is -0.593. The molecule has 3 aromatic rings. The molecule has 38 heavy (non-hydrogen) atoms. The number of anilines is 1. The molecule has 200 valence electrons. The first-order valence-electron chi connectivity index (χ1n) is 14.2. The molecule has 0 unspecified atom stereocenters. The zero-order valence-electron chi connectivity index (χ0n) is 21.6. The van der Waals surface area contributed by atoms with Gasteiger partial charge in [-0.15, -0.1) is 0 Å². The van der Waals surface area contributed by atoms with Crippen LogP contribution in [-0.4, -0.2) is 72.1 Å². The minimum Gasteiger partial charge on any atom is -0.491 e. The Morgan fingerprint density at radius 2 is 2.03 bits per heavy atom. The van der Waals surface area contributed by atoms with Crippen molar-refractivity contribution in [3.8, 4) is 16.9 Å². The van der Waals surface area contributed by atoms with E-state index in [9.17, 15) is 4.21 Å². The fourth-order valence-corrected chi connectivity index (χ4v) is 9.51. The smallest absolute Gasteiger partial charge is 0.146 e. The Labute approximate surface area is 225 Å². The van der Waals surface area contributed by atoms with E-state index in [1.54, 1.807) is 6.33 Å². The van der Waals surface area contributed by atoms with E-state index in [1.165, 1.54) is 0 Å². The predicted octanol–water partition coefficient (Wildman–Crippen LogP) is 3.93. The summed E-state index contributed by atoms with van der Waals surface area (Å²) < 4.78 is 26.9. The van der Waals surface area contributed by atoms with Gasteiger partial charge >= 0.3 is 0 Å². The maximum Gasteiger partial charge on any atom is 0.146 e. The molecule has 2 N–H and O–H groups in total. The number of likely N-dealkylation sites (tertiary alicyclic amines) is 1. The van der Waals surface area contributed by atoms with Crippen LogP contribution in [-0.2, 0) is 15.5 Å². The summed E-state index contributed by atoms with van der Waals surface area (Å²) in [5.74, 6) is 2.93. The molecule has 4 saturated heterocycles. The third-order valence-corrected chi connectivity index (χ3v) is 11.7. The van der Waals surface area contributed by atoms with E-state index in [0.717, 1.165) is 91.7 Å². The molecule has 4 bridgehead atoms. The van der Waals surface area contributed by atoms with E-state index in [4.69, 9.17) is 15.2 Å². The molecular weight excluding hydrogens is 498 g/mol. The van der Waals surface area contributed by atoms with Gasteiger partial charge in [-0.05, 0) is 68.6 Å². The predicted molar refractivity (Wildman–Crippen MR) is 147 cm³/mol. The second kappa shape index (κ2) is 8.76. The van der Waals surface area contributed by atoms with E-state index in [-0.39, 0.29) is 5.60 Å². The van der Waals surface area contributed by atoms with Crippen LogP contribution in [0.5, 0.6) is 5.75 Å². The summed E-state index contributed by atoms with van der Waals surface area (Å²) in [5.41, 5.74) is 9.37. The number of hydrogen-bond donors (Lipinski definition) is 1. The van der Waals surface area contributed by atoms with Gasteiger partial charge < -0.3 is 19.8 Å². The van der Waals surface area contributed by atoms with E-state index in [2.05, 4.69) is 43.8 Å². The number of fused-ring (bicyclic) bond motifs is 5. The number of hydrogen-bond acceptors (Lipinski definition) is 7. The van der Waals surface area contributed by atoms with Crippen molar-refractivity contribution in [2.24, 2.45) is 5.92 Å². The number of benzene rings is 1. The minimum atomic E-state index is -0.593. The number of nitrogen functional groups attached to an aromatic ring is 1. The van der Waals surface area contributed by atoms with E-state index in [1.807, 2.05) is 6.07 Å². The largest absolute Gasteiger partial charge is 0.491 e. The van der Waals surface area contributed by atoms with Crippen LogP contribution in [0.4, 0.5) is 5.82 Å². The van der Waals surface area contributed by atoms with E-state index >= 15 is 0 Å². The lowest BCUT2D eigenvalue weighted by Crippen LogP contribution is -2.44. The lowest BCUT2D eigenvalue weighted by atomic mass is 9.79. The van der Waals surface area contributed by atoms with Crippen molar-refractivity contribution in [2.45, 2.75) is 74.0 Å². The molecule has 1 aliphatic carbocycles. The minimum absolute atomic E-state index is 0.0958. The van der Waals surface area contributed by atoms with Crippen LogP contribution in [0.3, 0.4) is 0 Å². The van der Waals surface area contributed by atoms with Crippen molar-refractivity contribution in [1.82, 2.24) is 19.4 Å². The zero-order chi connectivity index (χ0) is 25.4. The molecule has 0 amide bonds. The average Bonchev–Trinajstić information content (AvgIpc) is 3.72. The van der Waals surface area contributed by atoms with E-state index < -0.39 is 10.8 Å². The standard InChI is InChI=1S/C29H35N5O3S/c30-27-26-25(19-2-1-3-23(10-19)36-16-29-6-4-22(37-29)5-7-29)14-34(28(26)32-17-31-27)20-8-18(9-20)12-33-13-24-11-21(33)15-38(24)35/h1-3,10,14,17-18,20-22,24H,4-9,11-13,15-16H2,(H2,30,31,32)/t18?,20?,21-,22?,24+,29?,38+/m0/s1. The molecular formula is C29H35N5O3S. The summed E-state index contributed by atoms with van der Waals surface area (Å²) >= 11 is 0. The number of ether oxygens (including phenoxy) is 2. The topological polar surface area (TPSA) is 95.5 Å². The highest BCUT2D eigenvalue weighted by Gasteiger charge is 2.47. The Morgan fingerprint density at radius 1 is 1.16 bits per heavy atom. The van der Waals surface area contributed by atoms with Crippen molar-refractivity contribution in [1.29, 1.82) is 0 Å². The molecule has 6 heterocycles. The van der Waals surface area contributed by atoms with Gasteiger partial charge in [0.25, 0.3) is 0 Å². The van der Waals surface area contributed by atoms with Crippen LogP contribution in [0.15, 0.2) is 36.8 Å². The van der Waals surface area contributed by atoms with Crippen molar-refractivity contribution in [3.63, 3.8) is 0 Å². The summed E-state index contributed by atoms with van der Waals surface area (Å²) in [6.07, 6.45) is 12.1. The van der Waals surface area contributed by atoms with Gasteiger partial charge in [0, 0.05) is 58.7 Å². The third-order valence-electron chi connectivity index (χ3n) is 9.86. The summed E-state index contributed by atoms with van der Waals surface area (Å²) in [4.78, 5) is 11.6. The quantitative estimate of drug-likeness (QED) is 0.492. The Bertz CT molecular complexity index is 1410. The molecule has 8 nitrogen and oxygen atoms in total. The van der Waals surface area contributed by atoms with Crippen LogP contribution in [0, 0.1) is 5.92 Å². The second-order valence-corrected chi connectivity index (χ2v) is 14.0. The maximum absolute atomic E-state index is 12.1. The Morgan fingerprint density at radius 3 is 2.76 bits per heavy atom. The number of nitrogens with two attached hydrogens (primary N) is 1. The molecule has 0 radical (unpaired) electrons. The van der Waals surface area contributed by atoms with Crippen LogP contribution in [0.2, 0.25) is 0 Å². The fraction of sp³-hybridized carbons (Fsp3) is 0.586. The van der Waals surface area contributed by atoms with Gasteiger partial charge in [0.15, 0.2) is 0 Å². The SMILES string of the molecule is Nc1ncnc2c1c(-c1cccc(OCC34CCC(CC3)O4)c1)cn2C1CC(CN2C[C@H]3C[C@H]2C[S@]3=O)C1. The number of aromatic nitrogens is 3. The number of rotatable bonds is 7.